The van der Waals surface area contributed by atoms with Crippen molar-refractivity contribution in [2.45, 2.75) is 39.5 Å². The molecular formula is C19H22N2O4S2. The van der Waals surface area contributed by atoms with Gasteiger partial charge in [-0.25, -0.2) is 8.42 Å². The molecule has 27 heavy (non-hydrogen) atoms. The van der Waals surface area contributed by atoms with Crippen molar-refractivity contribution in [3.8, 4) is 17.1 Å². The number of sulfonamides is 1. The lowest BCUT2D eigenvalue weighted by atomic mass is 10.1. The predicted molar refractivity (Wildman–Crippen MR) is 107 cm³/mol. The summed E-state index contributed by atoms with van der Waals surface area (Å²) in [5, 5.41) is 3.98. The highest BCUT2D eigenvalue weighted by Gasteiger charge is 2.30. The monoisotopic (exact) mass is 406 g/mol. The summed E-state index contributed by atoms with van der Waals surface area (Å²) in [5.74, 6) is 0.952. The Labute approximate surface area is 163 Å². The normalized spacial score (nSPS) is 11.6. The number of thiophene rings is 1. The zero-order valence-corrected chi connectivity index (χ0v) is 17.8. The fraction of sp³-hybridized carbons (Fsp3) is 0.316. The third-order valence-electron chi connectivity index (χ3n) is 4.46. The van der Waals surface area contributed by atoms with Crippen LogP contribution in [0, 0.1) is 34.6 Å². The quantitative estimate of drug-likeness (QED) is 0.661. The summed E-state index contributed by atoms with van der Waals surface area (Å²) in [6.45, 7) is 9.28. The van der Waals surface area contributed by atoms with Gasteiger partial charge in [0.15, 0.2) is 5.76 Å². The first-order valence-corrected chi connectivity index (χ1v) is 10.7. The van der Waals surface area contributed by atoms with Crippen LogP contribution < -0.4 is 9.46 Å². The molecule has 8 heteroatoms. The largest absolute Gasteiger partial charge is 0.495 e. The average Bonchev–Trinajstić information content (AvgIpc) is 3.06. The van der Waals surface area contributed by atoms with Crippen LogP contribution >= 0.6 is 11.3 Å². The number of anilines is 1. The molecule has 0 saturated heterocycles. The van der Waals surface area contributed by atoms with Gasteiger partial charge in [0.25, 0.3) is 10.0 Å². The van der Waals surface area contributed by atoms with Gasteiger partial charge in [0.1, 0.15) is 10.6 Å². The first-order chi connectivity index (χ1) is 12.7. The Morgan fingerprint density at radius 2 is 1.81 bits per heavy atom. The maximum absolute atomic E-state index is 13.3. The molecule has 6 nitrogen and oxygen atoms in total. The van der Waals surface area contributed by atoms with Crippen molar-refractivity contribution in [1.82, 2.24) is 5.16 Å². The molecule has 3 aromatic rings. The van der Waals surface area contributed by atoms with Crippen molar-refractivity contribution in [3.63, 3.8) is 0 Å². The second kappa shape index (κ2) is 7.01. The summed E-state index contributed by atoms with van der Waals surface area (Å²) in [5.41, 5.74) is 3.46. The number of aromatic nitrogens is 1. The lowest BCUT2D eigenvalue weighted by Gasteiger charge is -2.13. The van der Waals surface area contributed by atoms with Crippen LogP contribution in [-0.4, -0.2) is 20.7 Å². The van der Waals surface area contributed by atoms with Crippen molar-refractivity contribution in [1.29, 1.82) is 0 Å². The maximum Gasteiger partial charge on any atom is 0.263 e. The highest BCUT2D eigenvalue weighted by atomic mass is 32.2. The van der Waals surface area contributed by atoms with Crippen LogP contribution in [0.5, 0.6) is 5.75 Å². The minimum atomic E-state index is -3.87. The summed E-state index contributed by atoms with van der Waals surface area (Å²) in [6.07, 6.45) is 0. The summed E-state index contributed by atoms with van der Waals surface area (Å²) in [4.78, 5) is 1.77. The third kappa shape index (κ3) is 3.46. The van der Waals surface area contributed by atoms with Gasteiger partial charge >= 0.3 is 0 Å². The Bertz CT molecular complexity index is 1110. The number of methoxy groups -OCH3 is 1. The van der Waals surface area contributed by atoms with E-state index in [2.05, 4.69) is 9.88 Å². The lowest BCUT2D eigenvalue weighted by molar-refractivity contribution is 0.417. The number of aryl methyl sites for hydroxylation is 4. The Morgan fingerprint density at radius 1 is 1.11 bits per heavy atom. The predicted octanol–water partition coefficient (Wildman–Crippen LogP) is 4.75. The molecule has 1 aromatic carbocycles. The van der Waals surface area contributed by atoms with Gasteiger partial charge in [-0.15, -0.1) is 11.3 Å². The molecule has 144 valence electrons. The summed E-state index contributed by atoms with van der Waals surface area (Å²) < 4.78 is 40.1. The number of nitrogens with zero attached hydrogens (tertiary/aromatic N) is 1. The van der Waals surface area contributed by atoms with Gasteiger partial charge in [-0.05, 0) is 52.3 Å². The topological polar surface area (TPSA) is 81.4 Å². The molecule has 0 atom stereocenters. The highest BCUT2D eigenvalue weighted by molar-refractivity contribution is 7.93. The van der Waals surface area contributed by atoms with Crippen LogP contribution in [0.15, 0.2) is 27.6 Å². The van der Waals surface area contributed by atoms with Crippen LogP contribution in [0.4, 0.5) is 5.69 Å². The van der Waals surface area contributed by atoms with Gasteiger partial charge in [-0.3, -0.25) is 4.72 Å². The van der Waals surface area contributed by atoms with Crippen LogP contribution in [0.1, 0.15) is 26.6 Å². The molecule has 0 unspecified atom stereocenters. The van der Waals surface area contributed by atoms with Crippen molar-refractivity contribution in [3.05, 3.63) is 44.8 Å². The molecule has 3 rings (SSSR count). The second-order valence-electron chi connectivity index (χ2n) is 6.45. The van der Waals surface area contributed by atoms with E-state index in [0.29, 0.717) is 27.6 Å². The maximum atomic E-state index is 13.3. The molecule has 0 aliphatic rings. The van der Waals surface area contributed by atoms with Crippen LogP contribution in [-0.2, 0) is 10.0 Å². The Balaban J connectivity index is 2.17. The van der Waals surface area contributed by atoms with Gasteiger partial charge in [-0.2, -0.15) is 0 Å². The molecular weight excluding hydrogens is 384 g/mol. The molecule has 0 saturated carbocycles. The number of benzene rings is 1. The third-order valence-corrected chi connectivity index (χ3v) is 7.14. The van der Waals surface area contributed by atoms with Crippen molar-refractivity contribution in [2.75, 3.05) is 11.8 Å². The molecule has 0 fully saturated rings. The minimum absolute atomic E-state index is 0.216. The van der Waals surface area contributed by atoms with E-state index < -0.39 is 10.0 Å². The van der Waals surface area contributed by atoms with E-state index in [4.69, 9.17) is 9.26 Å². The van der Waals surface area contributed by atoms with Gasteiger partial charge in [0, 0.05) is 15.3 Å². The fourth-order valence-corrected chi connectivity index (χ4v) is 5.91. The number of hydrogen-bond donors (Lipinski definition) is 1. The van der Waals surface area contributed by atoms with E-state index >= 15 is 0 Å². The van der Waals surface area contributed by atoms with Crippen molar-refractivity contribution >= 4 is 27.0 Å². The van der Waals surface area contributed by atoms with E-state index in [-0.39, 0.29) is 4.90 Å². The Kier molecular flexibility index (Phi) is 5.05. The van der Waals surface area contributed by atoms with E-state index in [1.807, 2.05) is 33.8 Å². The van der Waals surface area contributed by atoms with E-state index in [1.165, 1.54) is 18.4 Å². The van der Waals surface area contributed by atoms with E-state index in [0.717, 1.165) is 21.7 Å². The number of hydrogen-bond acceptors (Lipinski definition) is 6. The van der Waals surface area contributed by atoms with Gasteiger partial charge in [-0.1, -0.05) is 11.2 Å². The zero-order valence-electron chi connectivity index (χ0n) is 16.1. The highest BCUT2D eigenvalue weighted by Crippen LogP contribution is 2.42. The summed E-state index contributed by atoms with van der Waals surface area (Å²) in [6, 6.07) is 5.35. The SMILES string of the molecule is COc1ccc(C)cc1NS(=O)(=O)c1c(C)sc(C)c1-c1onc(C)c1C. The standard InChI is InChI=1S/C19H22N2O4S2/c1-10-7-8-16(24-6)15(9-10)21-27(22,23)19-14(5)26-13(4)17(19)18-11(2)12(3)20-25-18/h7-9,21H,1-6H3. The first kappa shape index (κ1) is 19.4. The second-order valence-corrected chi connectivity index (χ2v) is 9.50. The van der Waals surface area contributed by atoms with Crippen molar-refractivity contribution in [2.24, 2.45) is 0 Å². The lowest BCUT2D eigenvalue weighted by Crippen LogP contribution is -2.15. The molecule has 2 heterocycles. The van der Waals surface area contributed by atoms with Gasteiger partial charge < -0.3 is 9.26 Å². The molecule has 0 spiro atoms. The van der Waals surface area contributed by atoms with Crippen LogP contribution in [0.2, 0.25) is 0 Å². The summed E-state index contributed by atoms with van der Waals surface area (Å²) in [7, 11) is -2.36. The molecule has 0 aliphatic heterocycles. The Morgan fingerprint density at radius 3 is 2.41 bits per heavy atom. The molecule has 0 amide bonds. The average molecular weight is 407 g/mol. The molecule has 1 N–H and O–H groups in total. The fourth-order valence-electron chi connectivity index (χ4n) is 3.00. The first-order valence-electron chi connectivity index (χ1n) is 8.36. The van der Waals surface area contributed by atoms with E-state index in [1.54, 1.807) is 19.1 Å². The van der Waals surface area contributed by atoms with Crippen LogP contribution in [0.3, 0.4) is 0 Å². The molecule has 0 aliphatic carbocycles. The zero-order chi connectivity index (χ0) is 19.9. The molecule has 0 radical (unpaired) electrons. The number of ether oxygens (including phenoxy) is 1. The minimum Gasteiger partial charge on any atom is -0.495 e. The smallest absolute Gasteiger partial charge is 0.263 e. The number of nitrogens with one attached hydrogen (secondary N) is 1. The van der Waals surface area contributed by atoms with Gasteiger partial charge in [0.2, 0.25) is 0 Å². The summed E-state index contributed by atoms with van der Waals surface area (Å²) >= 11 is 1.42. The van der Waals surface area contributed by atoms with Crippen molar-refractivity contribution < 1.29 is 17.7 Å². The molecule has 0 bridgehead atoms. The van der Waals surface area contributed by atoms with Gasteiger partial charge in [0.05, 0.1) is 24.1 Å². The van der Waals surface area contributed by atoms with Crippen LogP contribution in [0.25, 0.3) is 11.3 Å². The molecule has 2 aromatic heterocycles. The Hall–Kier alpha value is -2.32. The number of rotatable bonds is 5. The van der Waals surface area contributed by atoms with E-state index in [9.17, 15) is 8.42 Å².